The van der Waals surface area contributed by atoms with E-state index in [2.05, 4.69) is 5.32 Å². The molecule has 0 spiro atoms. The minimum absolute atomic E-state index is 0.0444. The standard InChI is InChI=1S/C15H15FN2O/c1-10-2-7-14(16)13(8-10)15(19)18-12-5-3-11(9-17)4-6-12/h2-8H,9,17H2,1H3,(H,18,19). The van der Waals surface area contributed by atoms with Gasteiger partial charge in [-0.3, -0.25) is 4.79 Å². The molecule has 0 unspecified atom stereocenters. The molecule has 0 bridgehead atoms. The van der Waals surface area contributed by atoms with E-state index in [-0.39, 0.29) is 5.56 Å². The first-order valence-corrected chi connectivity index (χ1v) is 5.96. The van der Waals surface area contributed by atoms with Gasteiger partial charge in [-0.1, -0.05) is 23.8 Å². The van der Waals surface area contributed by atoms with Crippen molar-refractivity contribution in [3.05, 3.63) is 65.0 Å². The Morgan fingerprint density at radius 3 is 2.53 bits per heavy atom. The highest BCUT2D eigenvalue weighted by atomic mass is 19.1. The highest BCUT2D eigenvalue weighted by Crippen LogP contribution is 2.14. The first-order chi connectivity index (χ1) is 9.10. The minimum Gasteiger partial charge on any atom is -0.326 e. The number of anilines is 1. The molecule has 0 fully saturated rings. The van der Waals surface area contributed by atoms with Gasteiger partial charge in [-0.2, -0.15) is 0 Å². The van der Waals surface area contributed by atoms with Crippen LogP contribution in [0.4, 0.5) is 10.1 Å². The molecule has 0 heterocycles. The number of carbonyl (C=O) groups is 1. The fourth-order valence-corrected chi connectivity index (χ4v) is 1.74. The number of nitrogens with one attached hydrogen (secondary N) is 1. The Hall–Kier alpha value is -2.20. The molecule has 2 aromatic carbocycles. The highest BCUT2D eigenvalue weighted by molar-refractivity contribution is 6.04. The number of hydrogen-bond acceptors (Lipinski definition) is 2. The van der Waals surface area contributed by atoms with Gasteiger partial charge in [-0.05, 0) is 36.8 Å². The molecule has 2 rings (SSSR count). The SMILES string of the molecule is Cc1ccc(F)c(C(=O)Nc2ccc(CN)cc2)c1. The van der Waals surface area contributed by atoms with Crippen molar-refractivity contribution in [3.63, 3.8) is 0 Å². The lowest BCUT2D eigenvalue weighted by Crippen LogP contribution is -2.14. The molecular weight excluding hydrogens is 243 g/mol. The average Bonchev–Trinajstić information content (AvgIpc) is 2.42. The molecule has 0 saturated heterocycles. The summed E-state index contributed by atoms with van der Waals surface area (Å²) in [4.78, 5) is 12.0. The second kappa shape index (κ2) is 5.63. The third-order valence-corrected chi connectivity index (χ3v) is 2.81. The quantitative estimate of drug-likeness (QED) is 0.889. The molecular formula is C15H15FN2O. The van der Waals surface area contributed by atoms with E-state index in [1.54, 1.807) is 18.2 Å². The van der Waals surface area contributed by atoms with Crippen LogP contribution in [0.2, 0.25) is 0 Å². The van der Waals surface area contributed by atoms with Gasteiger partial charge in [0.05, 0.1) is 5.56 Å². The summed E-state index contributed by atoms with van der Waals surface area (Å²) in [6, 6.07) is 11.6. The Morgan fingerprint density at radius 1 is 1.21 bits per heavy atom. The number of amides is 1. The van der Waals surface area contributed by atoms with Crippen LogP contribution in [0.25, 0.3) is 0 Å². The van der Waals surface area contributed by atoms with Crippen LogP contribution in [0, 0.1) is 12.7 Å². The van der Waals surface area contributed by atoms with E-state index in [1.165, 1.54) is 12.1 Å². The molecule has 0 saturated carbocycles. The molecule has 2 aromatic rings. The second-order valence-corrected chi connectivity index (χ2v) is 4.34. The lowest BCUT2D eigenvalue weighted by Gasteiger charge is -2.07. The van der Waals surface area contributed by atoms with Crippen molar-refractivity contribution >= 4 is 11.6 Å². The highest BCUT2D eigenvalue weighted by Gasteiger charge is 2.11. The smallest absolute Gasteiger partial charge is 0.258 e. The van der Waals surface area contributed by atoms with Crippen molar-refractivity contribution in [3.8, 4) is 0 Å². The summed E-state index contributed by atoms with van der Waals surface area (Å²) in [7, 11) is 0. The number of benzene rings is 2. The van der Waals surface area contributed by atoms with Gasteiger partial charge in [-0.25, -0.2) is 4.39 Å². The van der Waals surface area contributed by atoms with E-state index in [4.69, 9.17) is 5.73 Å². The maximum atomic E-state index is 13.6. The van der Waals surface area contributed by atoms with Crippen LogP contribution in [0.5, 0.6) is 0 Å². The Balaban J connectivity index is 2.18. The summed E-state index contributed by atoms with van der Waals surface area (Å²) in [6.45, 7) is 2.26. The Labute approximate surface area is 111 Å². The van der Waals surface area contributed by atoms with Crippen LogP contribution in [-0.2, 0) is 6.54 Å². The number of nitrogens with two attached hydrogens (primary N) is 1. The van der Waals surface area contributed by atoms with Gasteiger partial charge >= 0.3 is 0 Å². The van der Waals surface area contributed by atoms with E-state index in [0.717, 1.165) is 11.1 Å². The first kappa shape index (κ1) is 13.2. The Morgan fingerprint density at radius 2 is 1.89 bits per heavy atom. The van der Waals surface area contributed by atoms with Crippen LogP contribution in [0.1, 0.15) is 21.5 Å². The molecule has 0 radical (unpaired) electrons. The zero-order valence-corrected chi connectivity index (χ0v) is 10.6. The van der Waals surface area contributed by atoms with Crippen LogP contribution >= 0.6 is 0 Å². The zero-order chi connectivity index (χ0) is 13.8. The normalized spacial score (nSPS) is 10.3. The molecule has 3 nitrogen and oxygen atoms in total. The summed E-state index contributed by atoms with van der Waals surface area (Å²) in [5.41, 5.74) is 7.96. The van der Waals surface area contributed by atoms with E-state index in [0.29, 0.717) is 12.2 Å². The zero-order valence-electron chi connectivity index (χ0n) is 10.6. The number of halogens is 1. The summed E-state index contributed by atoms with van der Waals surface area (Å²) >= 11 is 0. The summed E-state index contributed by atoms with van der Waals surface area (Å²) in [5, 5.41) is 2.66. The van der Waals surface area contributed by atoms with Crippen LogP contribution in [0.3, 0.4) is 0 Å². The van der Waals surface area contributed by atoms with E-state index < -0.39 is 11.7 Å². The van der Waals surface area contributed by atoms with Crippen molar-refractivity contribution in [2.75, 3.05) is 5.32 Å². The van der Waals surface area contributed by atoms with Gasteiger partial charge in [0.25, 0.3) is 5.91 Å². The van der Waals surface area contributed by atoms with Crippen LogP contribution < -0.4 is 11.1 Å². The van der Waals surface area contributed by atoms with Gasteiger partial charge in [0, 0.05) is 12.2 Å². The van der Waals surface area contributed by atoms with Crippen LogP contribution in [-0.4, -0.2) is 5.91 Å². The summed E-state index contributed by atoms with van der Waals surface area (Å²) in [5.74, 6) is -0.983. The lowest BCUT2D eigenvalue weighted by atomic mass is 10.1. The van der Waals surface area contributed by atoms with Gasteiger partial charge in [0.1, 0.15) is 5.82 Å². The molecule has 19 heavy (non-hydrogen) atoms. The van der Waals surface area contributed by atoms with Crippen molar-refractivity contribution in [2.45, 2.75) is 13.5 Å². The van der Waals surface area contributed by atoms with Crippen molar-refractivity contribution < 1.29 is 9.18 Å². The van der Waals surface area contributed by atoms with Crippen molar-refractivity contribution in [1.29, 1.82) is 0 Å². The van der Waals surface area contributed by atoms with Gasteiger partial charge in [0.2, 0.25) is 0 Å². The summed E-state index contributed by atoms with van der Waals surface area (Å²) < 4.78 is 13.6. The van der Waals surface area contributed by atoms with Gasteiger partial charge in [-0.15, -0.1) is 0 Å². The molecule has 1 amide bonds. The predicted molar refractivity (Wildman–Crippen MR) is 73.4 cm³/mol. The molecule has 98 valence electrons. The summed E-state index contributed by atoms with van der Waals surface area (Å²) in [6.07, 6.45) is 0. The van der Waals surface area contributed by atoms with E-state index >= 15 is 0 Å². The Bertz CT molecular complexity index is 594. The Kier molecular flexibility index (Phi) is 3.92. The van der Waals surface area contributed by atoms with Crippen molar-refractivity contribution in [2.24, 2.45) is 5.73 Å². The molecule has 3 N–H and O–H groups in total. The molecule has 0 aliphatic heterocycles. The maximum Gasteiger partial charge on any atom is 0.258 e. The number of rotatable bonds is 3. The number of carbonyl (C=O) groups excluding carboxylic acids is 1. The second-order valence-electron chi connectivity index (χ2n) is 4.34. The average molecular weight is 258 g/mol. The van der Waals surface area contributed by atoms with Crippen LogP contribution in [0.15, 0.2) is 42.5 Å². The predicted octanol–water partition coefficient (Wildman–Crippen LogP) is 2.85. The largest absolute Gasteiger partial charge is 0.326 e. The first-order valence-electron chi connectivity index (χ1n) is 5.96. The van der Waals surface area contributed by atoms with Crippen molar-refractivity contribution in [1.82, 2.24) is 0 Å². The number of hydrogen-bond donors (Lipinski definition) is 2. The molecule has 4 heteroatoms. The monoisotopic (exact) mass is 258 g/mol. The third kappa shape index (κ3) is 3.17. The lowest BCUT2D eigenvalue weighted by molar-refractivity contribution is 0.102. The van der Waals surface area contributed by atoms with Gasteiger partial charge in [0.15, 0.2) is 0 Å². The number of aryl methyl sites for hydroxylation is 1. The van der Waals surface area contributed by atoms with Gasteiger partial charge < -0.3 is 11.1 Å². The third-order valence-electron chi connectivity index (χ3n) is 2.81. The van der Waals surface area contributed by atoms with E-state index in [9.17, 15) is 9.18 Å². The van der Waals surface area contributed by atoms with E-state index in [1.807, 2.05) is 19.1 Å². The minimum atomic E-state index is -0.526. The molecule has 0 aliphatic carbocycles. The fourth-order valence-electron chi connectivity index (χ4n) is 1.74. The molecule has 0 aromatic heterocycles. The fraction of sp³-hybridized carbons (Fsp3) is 0.133. The molecule has 0 atom stereocenters. The molecule has 0 aliphatic rings. The maximum absolute atomic E-state index is 13.6. The topological polar surface area (TPSA) is 55.1 Å².